The lowest BCUT2D eigenvalue weighted by atomic mass is 9.98. The van der Waals surface area contributed by atoms with Gasteiger partial charge in [0.15, 0.2) is 5.78 Å². The van der Waals surface area contributed by atoms with Crippen LogP contribution in [-0.4, -0.2) is 29.9 Å². The summed E-state index contributed by atoms with van der Waals surface area (Å²) in [5.74, 6) is -1.38. The van der Waals surface area contributed by atoms with E-state index < -0.39 is 5.97 Å². The van der Waals surface area contributed by atoms with Crippen LogP contribution in [0.15, 0.2) is 30.4 Å². The van der Waals surface area contributed by atoms with Crippen molar-refractivity contribution in [3.05, 3.63) is 41.5 Å². The molecule has 0 bridgehead atoms. The van der Waals surface area contributed by atoms with Crippen molar-refractivity contribution in [3.63, 3.8) is 0 Å². The molecule has 4 nitrogen and oxygen atoms in total. The number of aryl methyl sites for hydroxylation is 1. The van der Waals surface area contributed by atoms with Crippen molar-refractivity contribution in [3.8, 4) is 0 Å². The molecule has 0 amide bonds. The third-order valence-electron chi connectivity index (χ3n) is 3.34. The van der Waals surface area contributed by atoms with Crippen LogP contribution in [0.4, 0.5) is 5.69 Å². The largest absolute Gasteiger partial charge is 0.478 e. The van der Waals surface area contributed by atoms with Crippen LogP contribution in [0.3, 0.4) is 0 Å². The Labute approximate surface area is 112 Å². The van der Waals surface area contributed by atoms with E-state index in [9.17, 15) is 9.59 Å². The molecule has 1 aliphatic rings. The minimum absolute atomic E-state index is 0.271. The van der Waals surface area contributed by atoms with Crippen molar-refractivity contribution in [2.24, 2.45) is 0 Å². The average molecular weight is 259 g/mol. The molecule has 1 aromatic carbocycles. The molecule has 0 saturated carbocycles. The third-order valence-corrected chi connectivity index (χ3v) is 3.34. The molecule has 0 radical (unpaired) electrons. The van der Waals surface area contributed by atoms with Crippen molar-refractivity contribution in [2.75, 3.05) is 18.0 Å². The number of carboxylic acids is 1. The Balaban J connectivity index is 2.29. The second-order valence-corrected chi connectivity index (χ2v) is 4.56. The Morgan fingerprint density at radius 1 is 1.37 bits per heavy atom. The highest BCUT2D eigenvalue weighted by Gasteiger charge is 2.16. The van der Waals surface area contributed by atoms with Gasteiger partial charge in [0, 0.05) is 30.4 Å². The van der Waals surface area contributed by atoms with Gasteiger partial charge in [0.25, 0.3) is 0 Å². The molecule has 0 unspecified atom stereocenters. The van der Waals surface area contributed by atoms with E-state index in [1.165, 1.54) is 5.56 Å². The number of hydrogen-bond acceptors (Lipinski definition) is 3. The molecule has 0 aliphatic carbocycles. The summed E-state index contributed by atoms with van der Waals surface area (Å²) in [5.41, 5.74) is 2.90. The van der Waals surface area contributed by atoms with Gasteiger partial charge in [-0.05, 0) is 37.5 Å². The van der Waals surface area contributed by atoms with Crippen LogP contribution in [0, 0.1) is 0 Å². The molecule has 0 saturated heterocycles. The van der Waals surface area contributed by atoms with E-state index in [1.807, 2.05) is 12.1 Å². The first kappa shape index (κ1) is 13.3. The van der Waals surface area contributed by atoms with Crippen LogP contribution < -0.4 is 4.90 Å². The zero-order valence-electron chi connectivity index (χ0n) is 10.9. The average Bonchev–Trinajstić information content (AvgIpc) is 2.43. The minimum atomic E-state index is -1.11. The van der Waals surface area contributed by atoms with Gasteiger partial charge in [0.2, 0.25) is 0 Å². The molecule has 0 fully saturated rings. The lowest BCUT2D eigenvalue weighted by Crippen LogP contribution is -2.29. The van der Waals surface area contributed by atoms with Gasteiger partial charge < -0.3 is 10.0 Å². The summed E-state index contributed by atoms with van der Waals surface area (Å²) < 4.78 is 0. The normalized spacial score (nSPS) is 14.5. The molecule has 1 aliphatic heterocycles. The monoisotopic (exact) mass is 259 g/mol. The Kier molecular flexibility index (Phi) is 4.00. The Hall–Kier alpha value is -2.10. The van der Waals surface area contributed by atoms with E-state index in [4.69, 9.17) is 5.11 Å². The summed E-state index contributed by atoms with van der Waals surface area (Å²) >= 11 is 0. The van der Waals surface area contributed by atoms with E-state index in [2.05, 4.69) is 11.8 Å². The standard InChI is InChI=1S/C15H17NO3/c1-2-16-9-3-4-11-5-6-12(10-13(11)16)14(17)7-8-15(18)19/h5-8,10H,2-4,9H2,1H3,(H,18,19)/b8-7+. The van der Waals surface area contributed by atoms with E-state index in [0.29, 0.717) is 5.56 Å². The number of hydrogen-bond donors (Lipinski definition) is 1. The number of nitrogens with zero attached hydrogens (tertiary/aromatic N) is 1. The van der Waals surface area contributed by atoms with Crippen LogP contribution in [0.25, 0.3) is 0 Å². The number of anilines is 1. The van der Waals surface area contributed by atoms with Gasteiger partial charge in [0.1, 0.15) is 0 Å². The molecule has 0 spiro atoms. The lowest BCUT2D eigenvalue weighted by molar-refractivity contribution is -0.131. The fraction of sp³-hybridized carbons (Fsp3) is 0.333. The predicted octanol–water partition coefficient (Wildman–Crippen LogP) is 2.28. The van der Waals surface area contributed by atoms with Gasteiger partial charge >= 0.3 is 5.97 Å². The van der Waals surface area contributed by atoms with Crippen molar-refractivity contribution < 1.29 is 14.7 Å². The van der Waals surface area contributed by atoms with Gasteiger partial charge in [-0.1, -0.05) is 12.1 Å². The van der Waals surface area contributed by atoms with E-state index in [1.54, 1.807) is 6.07 Å². The SMILES string of the molecule is CCN1CCCc2ccc(C(=O)/C=C/C(=O)O)cc21. The highest BCUT2D eigenvalue weighted by Crippen LogP contribution is 2.28. The zero-order chi connectivity index (χ0) is 13.8. The van der Waals surface area contributed by atoms with Crippen molar-refractivity contribution >= 4 is 17.4 Å². The maximum Gasteiger partial charge on any atom is 0.328 e. The highest BCUT2D eigenvalue weighted by atomic mass is 16.4. The van der Waals surface area contributed by atoms with Gasteiger partial charge in [-0.3, -0.25) is 4.79 Å². The lowest BCUT2D eigenvalue weighted by Gasteiger charge is -2.30. The second-order valence-electron chi connectivity index (χ2n) is 4.56. The van der Waals surface area contributed by atoms with Crippen LogP contribution >= 0.6 is 0 Å². The molecule has 1 N–H and O–H groups in total. The number of fused-ring (bicyclic) bond motifs is 1. The molecule has 100 valence electrons. The van der Waals surface area contributed by atoms with Gasteiger partial charge in [0.05, 0.1) is 0 Å². The number of ketones is 1. The van der Waals surface area contributed by atoms with E-state index >= 15 is 0 Å². The fourth-order valence-corrected chi connectivity index (χ4v) is 2.38. The van der Waals surface area contributed by atoms with Gasteiger partial charge in [-0.25, -0.2) is 4.79 Å². The molecule has 0 aromatic heterocycles. The second kappa shape index (κ2) is 5.69. The predicted molar refractivity (Wildman–Crippen MR) is 73.8 cm³/mol. The Morgan fingerprint density at radius 2 is 2.16 bits per heavy atom. The van der Waals surface area contributed by atoms with Crippen LogP contribution in [0.2, 0.25) is 0 Å². The molecule has 1 heterocycles. The first-order valence-electron chi connectivity index (χ1n) is 6.45. The summed E-state index contributed by atoms with van der Waals surface area (Å²) in [7, 11) is 0. The minimum Gasteiger partial charge on any atom is -0.478 e. The Bertz CT molecular complexity index is 534. The summed E-state index contributed by atoms with van der Waals surface area (Å²) in [4.78, 5) is 24.5. The number of rotatable bonds is 4. The Morgan fingerprint density at radius 3 is 2.84 bits per heavy atom. The molecule has 19 heavy (non-hydrogen) atoms. The number of carbonyl (C=O) groups excluding carboxylic acids is 1. The van der Waals surface area contributed by atoms with Crippen LogP contribution in [0.1, 0.15) is 29.3 Å². The smallest absolute Gasteiger partial charge is 0.328 e. The number of carboxylic acid groups (broad SMARTS) is 1. The summed E-state index contributed by atoms with van der Waals surface area (Å²) in [6.45, 7) is 4.01. The molecular formula is C15H17NO3. The molecule has 4 heteroatoms. The third kappa shape index (κ3) is 3.02. The van der Waals surface area contributed by atoms with E-state index in [-0.39, 0.29) is 5.78 Å². The first-order valence-corrected chi connectivity index (χ1v) is 6.45. The molecule has 0 atom stereocenters. The van der Waals surface area contributed by atoms with Crippen LogP contribution in [-0.2, 0) is 11.2 Å². The van der Waals surface area contributed by atoms with Crippen molar-refractivity contribution in [1.29, 1.82) is 0 Å². The number of allylic oxidation sites excluding steroid dienone is 1. The summed E-state index contributed by atoms with van der Waals surface area (Å²) in [6.07, 6.45) is 4.14. The highest BCUT2D eigenvalue weighted by molar-refractivity contribution is 6.07. The van der Waals surface area contributed by atoms with Gasteiger partial charge in [-0.15, -0.1) is 0 Å². The van der Waals surface area contributed by atoms with Crippen molar-refractivity contribution in [2.45, 2.75) is 19.8 Å². The maximum absolute atomic E-state index is 11.9. The van der Waals surface area contributed by atoms with Gasteiger partial charge in [-0.2, -0.15) is 0 Å². The first-order chi connectivity index (χ1) is 9.11. The van der Waals surface area contributed by atoms with Crippen LogP contribution in [0.5, 0.6) is 0 Å². The summed E-state index contributed by atoms with van der Waals surface area (Å²) in [6, 6.07) is 5.61. The molecular weight excluding hydrogens is 242 g/mol. The number of benzene rings is 1. The summed E-state index contributed by atoms with van der Waals surface area (Å²) in [5, 5.41) is 8.53. The number of aliphatic carboxylic acids is 1. The molecule has 1 aromatic rings. The molecule has 2 rings (SSSR count). The van der Waals surface area contributed by atoms with E-state index in [0.717, 1.165) is 43.8 Å². The quantitative estimate of drug-likeness (QED) is 0.665. The fourth-order valence-electron chi connectivity index (χ4n) is 2.38. The maximum atomic E-state index is 11.9. The van der Waals surface area contributed by atoms with Crippen molar-refractivity contribution in [1.82, 2.24) is 0 Å². The zero-order valence-corrected chi connectivity index (χ0v) is 10.9. The topological polar surface area (TPSA) is 57.6 Å². The number of carbonyl (C=O) groups is 2.